The third-order valence-corrected chi connectivity index (χ3v) is 3.84. The summed E-state index contributed by atoms with van der Waals surface area (Å²) in [5.41, 5.74) is 6.63. The van der Waals surface area contributed by atoms with E-state index in [9.17, 15) is 0 Å². The first kappa shape index (κ1) is 14.6. The molecule has 3 rings (SSSR count). The van der Waals surface area contributed by atoms with Gasteiger partial charge in [-0.1, -0.05) is 92.7 Å². The molecule has 0 aliphatic rings. The summed E-state index contributed by atoms with van der Waals surface area (Å²) in [5.74, 6) is 1.43. The van der Waals surface area contributed by atoms with Crippen molar-refractivity contribution in [1.82, 2.24) is 0 Å². The molecule has 0 bridgehead atoms. The first-order valence-electron chi connectivity index (χ1n) is 7.77. The summed E-state index contributed by atoms with van der Waals surface area (Å²) in [7, 11) is 0. The van der Waals surface area contributed by atoms with E-state index >= 15 is 0 Å². The van der Waals surface area contributed by atoms with Gasteiger partial charge in [0.15, 0.2) is 0 Å². The maximum Gasteiger partial charge on any atom is -0.00731 e. The minimum absolute atomic E-state index is 1.02. The molecule has 22 heavy (non-hydrogen) atoms. The Kier molecular flexibility index (Phi) is 4.39. The van der Waals surface area contributed by atoms with Crippen molar-refractivity contribution in [2.45, 2.75) is 20.3 Å². The van der Waals surface area contributed by atoms with E-state index in [0.717, 1.165) is 6.42 Å². The minimum Gasteiger partial charge on any atom is -0.0622 e. The fraction of sp³-hybridized carbons (Fsp3) is 0.136. The molecule has 0 nitrogen and oxygen atoms in total. The average molecular weight is 285 g/mol. The lowest BCUT2D eigenvalue weighted by atomic mass is 9.87. The Bertz CT molecular complexity index is 725. The maximum absolute atomic E-state index is 2.25. The van der Waals surface area contributed by atoms with Gasteiger partial charge < -0.3 is 0 Å². The summed E-state index contributed by atoms with van der Waals surface area (Å²) in [4.78, 5) is 0. The molecule has 0 heteroatoms. The highest BCUT2D eigenvalue weighted by molar-refractivity contribution is 5.85. The van der Waals surface area contributed by atoms with Gasteiger partial charge in [0.2, 0.25) is 0 Å². The van der Waals surface area contributed by atoms with Gasteiger partial charge in [-0.25, -0.2) is 0 Å². The van der Waals surface area contributed by atoms with Crippen LogP contribution in [0, 0.1) is 5.92 Å². The normalized spacial score (nSPS) is 10.9. The van der Waals surface area contributed by atoms with Gasteiger partial charge in [-0.15, -0.1) is 0 Å². The Labute approximate surface area is 133 Å². The van der Waals surface area contributed by atoms with Crippen molar-refractivity contribution in [3.63, 3.8) is 0 Å². The highest BCUT2D eigenvalue weighted by atomic mass is 14.2. The second-order valence-corrected chi connectivity index (χ2v) is 5.96. The molecule has 0 atom stereocenters. The van der Waals surface area contributed by atoms with Gasteiger partial charge >= 0.3 is 0 Å². The third kappa shape index (κ3) is 3.12. The van der Waals surface area contributed by atoms with Gasteiger partial charge in [-0.05, 0) is 40.2 Å². The van der Waals surface area contributed by atoms with E-state index in [-0.39, 0.29) is 0 Å². The zero-order valence-electron chi connectivity index (χ0n) is 13.2. The van der Waals surface area contributed by atoms with Crippen molar-refractivity contribution < 1.29 is 0 Å². The van der Waals surface area contributed by atoms with Crippen LogP contribution >= 0.6 is 0 Å². The first-order chi connectivity index (χ1) is 10.8. The van der Waals surface area contributed by atoms with E-state index in [1.165, 1.54) is 33.7 Å². The smallest absolute Gasteiger partial charge is 0.00731 e. The molecule has 0 N–H and O–H groups in total. The molecule has 0 saturated carbocycles. The summed E-state index contributed by atoms with van der Waals surface area (Å²) in [6, 6.07) is 28.0. The second-order valence-electron chi connectivity index (χ2n) is 5.96. The Morgan fingerprint density at radius 3 is 1.82 bits per heavy atom. The molecule has 0 aliphatic heterocycles. The molecule has 0 fully saturated rings. The molecule has 3 aromatic rings. The highest BCUT2D eigenvalue weighted by Crippen LogP contribution is 2.36. The molecule has 1 radical (unpaired) electrons. The molecule has 0 spiro atoms. The SMILES string of the molecule is C[C](C)Cc1cccc(-c2ccccc2)c1-c1ccccc1. The van der Waals surface area contributed by atoms with E-state index in [0.29, 0.717) is 0 Å². The Balaban J connectivity index is 2.22. The zero-order valence-corrected chi connectivity index (χ0v) is 13.2. The fourth-order valence-corrected chi connectivity index (χ4v) is 2.93. The van der Waals surface area contributed by atoms with Crippen molar-refractivity contribution in [3.05, 3.63) is 90.3 Å². The number of benzene rings is 3. The van der Waals surface area contributed by atoms with Crippen LogP contribution in [0.5, 0.6) is 0 Å². The Morgan fingerprint density at radius 1 is 0.636 bits per heavy atom. The minimum atomic E-state index is 1.02. The van der Waals surface area contributed by atoms with Crippen LogP contribution in [0.3, 0.4) is 0 Å². The fourth-order valence-electron chi connectivity index (χ4n) is 2.93. The summed E-state index contributed by atoms with van der Waals surface area (Å²) >= 11 is 0. The second kappa shape index (κ2) is 6.62. The largest absolute Gasteiger partial charge is 0.0622 e. The quantitative estimate of drug-likeness (QED) is 0.537. The standard InChI is InChI=1S/C22H21/c1-17(2)16-20-14-9-15-21(18-10-5-3-6-11-18)22(20)19-12-7-4-8-13-19/h3-15H,16H2,1-2H3. The van der Waals surface area contributed by atoms with E-state index in [2.05, 4.69) is 92.7 Å². The van der Waals surface area contributed by atoms with Crippen molar-refractivity contribution in [2.75, 3.05) is 0 Å². The molecular weight excluding hydrogens is 264 g/mol. The molecule has 0 saturated heterocycles. The summed E-state index contributed by atoms with van der Waals surface area (Å²) < 4.78 is 0. The van der Waals surface area contributed by atoms with E-state index < -0.39 is 0 Å². The van der Waals surface area contributed by atoms with Crippen molar-refractivity contribution in [2.24, 2.45) is 0 Å². The number of hydrogen-bond acceptors (Lipinski definition) is 0. The van der Waals surface area contributed by atoms with Crippen LogP contribution in [-0.2, 0) is 6.42 Å². The van der Waals surface area contributed by atoms with Crippen molar-refractivity contribution in [3.8, 4) is 22.3 Å². The molecule has 109 valence electrons. The van der Waals surface area contributed by atoms with Crippen molar-refractivity contribution >= 4 is 0 Å². The Hall–Kier alpha value is -2.34. The molecule has 0 aromatic heterocycles. The van der Waals surface area contributed by atoms with Crippen LogP contribution in [0.1, 0.15) is 19.4 Å². The predicted molar refractivity (Wildman–Crippen MR) is 95.6 cm³/mol. The van der Waals surface area contributed by atoms with Gasteiger partial charge in [0.1, 0.15) is 0 Å². The van der Waals surface area contributed by atoms with Crippen molar-refractivity contribution in [1.29, 1.82) is 0 Å². The van der Waals surface area contributed by atoms with Gasteiger partial charge in [-0.2, -0.15) is 0 Å². The third-order valence-electron chi connectivity index (χ3n) is 3.84. The first-order valence-corrected chi connectivity index (χ1v) is 7.77. The topological polar surface area (TPSA) is 0 Å². The molecule has 0 amide bonds. The van der Waals surface area contributed by atoms with Crippen LogP contribution in [0.25, 0.3) is 22.3 Å². The van der Waals surface area contributed by atoms with E-state index in [1.807, 2.05) is 0 Å². The predicted octanol–water partition coefficient (Wildman–Crippen LogP) is 6.18. The highest BCUT2D eigenvalue weighted by Gasteiger charge is 2.13. The monoisotopic (exact) mass is 285 g/mol. The van der Waals surface area contributed by atoms with Crippen LogP contribution in [0.15, 0.2) is 78.9 Å². The lowest BCUT2D eigenvalue weighted by Gasteiger charge is -2.17. The zero-order chi connectivity index (χ0) is 15.4. The lowest BCUT2D eigenvalue weighted by Crippen LogP contribution is -1.97. The van der Waals surface area contributed by atoms with E-state index in [4.69, 9.17) is 0 Å². The molecule has 3 aromatic carbocycles. The molecular formula is C22H21. The molecule has 0 aliphatic carbocycles. The summed E-state index contributed by atoms with van der Waals surface area (Å²) in [5, 5.41) is 0. The lowest BCUT2D eigenvalue weighted by molar-refractivity contribution is 0.959. The van der Waals surface area contributed by atoms with Crippen LogP contribution < -0.4 is 0 Å². The average Bonchev–Trinajstić information content (AvgIpc) is 2.56. The van der Waals surface area contributed by atoms with Crippen LogP contribution in [-0.4, -0.2) is 0 Å². The number of rotatable bonds is 4. The maximum atomic E-state index is 2.25. The Morgan fingerprint density at radius 2 is 1.23 bits per heavy atom. The molecule has 0 unspecified atom stereocenters. The van der Waals surface area contributed by atoms with Crippen LogP contribution in [0.4, 0.5) is 0 Å². The van der Waals surface area contributed by atoms with Gasteiger partial charge in [-0.3, -0.25) is 0 Å². The summed E-state index contributed by atoms with van der Waals surface area (Å²) in [6.45, 7) is 4.40. The van der Waals surface area contributed by atoms with Crippen LogP contribution in [0.2, 0.25) is 0 Å². The van der Waals surface area contributed by atoms with Gasteiger partial charge in [0.25, 0.3) is 0 Å². The van der Waals surface area contributed by atoms with Gasteiger partial charge in [0.05, 0.1) is 0 Å². The summed E-state index contributed by atoms with van der Waals surface area (Å²) in [6.07, 6.45) is 1.02. The number of hydrogen-bond donors (Lipinski definition) is 0. The molecule has 0 heterocycles. The van der Waals surface area contributed by atoms with Gasteiger partial charge in [0, 0.05) is 0 Å². The van der Waals surface area contributed by atoms with E-state index in [1.54, 1.807) is 0 Å².